The number of hydrogen-bond acceptors (Lipinski definition) is 3. The second kappa shape index (κ2) is 4.55. The summed E-state index contributed by atoms with van der Waals surface area (Å²) in [7, 11) is -4.02. The molecule has 0 amide bonds. The minimum atomic E-state index is -4.60. The third-order valence-electron chi connectivity index (χ3n) is 2.58. The molecule has 1 aromatic rings. The van der Waals surface area contributed by atoms with E-state index >= 15 is 0 Å². The van der Waals surface area contributed by atoms with Gasteiger partial charge in [0.1, 0.15) is 0 Å². The molecule has 0 aliphatic rings. The molecule has 0 aliphatic heterocycles. The van der Waals surface area contributed by atoms with Crippen LogP contribution in [0.4, 0.5) is 13.2 Å². The molecule has 0 atom stereocenters. The summed E-state index contributed by atoms with van der Waals surface area (Å²) in [6, 6.07) is 3.49. The second-order valence-electron chi connectivity index (χ2n) is 4.45. The Bertz CT molecular complexity index is 533. The second-order valence-corrected chi connectivity index (χ2v) is 7.03. The molecule has 1 aromatic carbocycles. The molecular weight excluding hydrogens is 269 g/mol. The van der Waals surface area contributed by atoms with Crippen LogP contribution in [-0.4, -0.2) is 24.9 Å². The maximum absolute atomic E-state index is 12.5. The maximum Gasteiger partial charge on any atom is 0.416 e. The third-order valence-corrected chi connectivity index (χ3v) is 5.04. The van der Waals surface area contributed by atoms with Crippen molar-refractivity contribution in [2.75, 3.05) is 6.61 Å². The van der Waals surface area contributed by atoms with Crippen LogP contribution in [-0.2, 0) is 16.0 Å². The van der Waals surface area contributed by atoms with Gasteiger partial charge in [-0.2, -0.15) is 13.2 Å². The summed E-state index contributed by atoms with van der Waals surface area (Å²) in [5, 5.41) is 9.02. The van der Waals surface area contributed by atoms with Gasteiger partial charge in [0, 0.05) is 0 Å². The molecule has 0 saturated heterocycles. The zero-order chi connectivity index (χ0) is 14.2. The van der Waals surface area contributed by atoms with Crippen molar-refractivity contribution in [2.24, 2.45) is 0 Å². The number of hydrogen-bond donors (Lipinski definition) is 1. The molecule has 0 unspecified atom stereocenters. The molecule has 1 N–H and O–H groups in total. The van der Waals surface area contributed by atoms with Crippen LogP contribution in [0.25, 0.3) is 0 Å². The molecule has 0 aliphatic carbocycles. The van der Waals surface area contributed by atoms with Crippen LogP contribution < -0.4 is 0 Å². The lowest BCUT2D eigenvalue weighted by Crippen LogP contribution is -2.35. The third kappa shape index (κ3) is 2.67. The Morgan fingerprint density at radius 1 is 1.22 bits per heavy atom. The van der Waals surface area contributed by atoms with E-state index in [2.05, 4.69) is 0 Å². The first kappa shape index (κ1) is 15.0. The summed E-state index contributed by atoms with van der Waals surface area (Å²) >= 11 is 0. The van der Waals surface area contributed by atoms with E-state index < -0.39 is 37.8 Å². The first-order chi connectivity index (χ1) is 8.02. The zero-order valence-corrected chi connectivity index (χ0v) is 10.6. The van der Waals surface area contributed by atoms with Gasteiger partial charge in [0.05, 0.1) is 21.8 Å². The molecule has 0 aromatic heterocycles. The van der Waals surface area contributed by atoms with Crippen molar-refractivity contribution in [1.82, 2.24) is 0 Å². The Morgan fingerprint density at radius 3 is 2.22 bits per heavy atom. The Labute approximate surface area is 103 Å². The van der Waals surface area contributed by atoms with Crippen LogP contribution in [0.3, 0.4) is 0 Å². The Kier molecular flexibility index (Phi) is 3.78. The fraction of sp³-hybridized carbons (Fsp3) is 0.455. The largest absolute Gasteiger partial charge is 0.416 e. The molecule has 18 heavy (non-hydrogen) atoms. The predicted molar refractivity (Wildman–Crippen MR) is 59.8 cm³/mol. The molecule has 102 valence electrons. The Morgan fingerprint density at radius 2 is 1.78 bits per heavy atom. The first-order valence-corrected chi connectivity index (χ1v) is 6.53. The average molecular weight is 282 g/mol. The van der Waals surface area contributed by atoms with Crippen molar-refractivity contribution in [3.63, 3.8) is 0 Å². The summed E-state index contributed by atoms with van der Waals surface area (Å²) in [5.41, 5.74) is -1.03. The Balaban J connectivity index is 3.36. The predicted octanol–water partition coefficient (Wildman–Crippen LogP) is 2.25. The van der Waals surface area contributed by atoms with E-state index in [4.69, 9.17) is 5.11 Å². The smallest absolute Gasteiger partial charge is 0.395 e. The number of aliphatic hydroxyl groups excluding tert-OH is 1. The average Bonchev–Trinajstić information content (AvgIpc) is 2.28. The molecule has 0 radical (unpaired) electrons. The van der Waals surface area contributed by atoms with Gasteiger partial charge in [-0.25, -0.2) is 8.42 Å². The van der Waals surface area contributed by atoms with Gasteiger partial charge in [0.25, 0.3) is 0 Å². The van der Waals surface area contributed by atoms with Crippen LogP contribution in [0.1, 0.15) is 19.4 Å². The van der Waals surface area contributed by atoms with Gasteiger partial charge in [-0.3, -0.25) is 0 Å². The minimum absolute atomic E-state index is 0.448. The zero-order valence-electron chi connectivity index (χ0n) is 9.82. The van der Waals surface area contributed by atoms with E-state index in [-0.39, 0.29) is 0 Å². The summed E-state index contributed by atoms with van der Waals surface area (Å²) in [4.78, 5) is -0.448. The number of benzene rings is 1. The summed E-state index contributed by atoms with van der Waals surface area (Å²) in [5.74, 6) is 0. The van der Waals surface area contributed by atoms with Crippen molar-refractivity contribution < 1.29 is 26.7 Å². The van der Waals surface area contributed by atoms with Crippen molar-refractivity contribution in [1.29, 1.82) is 0 Å². The van der Waals surface area contributed by atoms with Crippen molar-refractivity contribution in [3.05, 3.63) is 29.8 Å². The van der Waals surface area contributed by atoms with E-state index in [0.717, 1.165) is 18.2 Å². The molecule has 0 bridgehead atoms. The van der Waals surface area contributed by atoms with Gasteiger partial charge in [0.15, 0.2) is 9.84 Å². The quantitative estimate of drug-likeness (QED) is 0.925. The standard InChI is InChI=1S/C11H13F3O3S/c1-10(2,7-15)18(16,17)9-5-3-4-8(6-9)11(12,13)14/h3-6,15H,7H2,1-2H3. The van der Waals surface area contributed by atoms with Crippen LogP contribution in [0.15, 0.2) is 29.2 Å². The number of aliphatic hydroxyl groups is 1. The van der Waals surface area contributed by atoms with Gasteiger partial charge >= 0.3 is 6.18 Å². The normalized spacial score (nSPS) is 13.7. The molecule has 3 nitrogen and oxygen atoms in total. The van der Waals surface area contributed by atoms with Crippen LogP contribution in [0.2, 0.25) is 0 Å². The highest BCUT2D eigenvalue weighted by Gasteiger charge is 2.37. The summed E-state index contributed by atoms with van der Waals surface area (Å²) < 4.78 is 60.0. The van der Waals surface area contributed by atoms with Crippen LogP contribution in [0.5, 0.6) is 0 Å². The number of halogens is 3. The van der Waals surface area contributed by atoms with Crippen molar-refractivity contribution in [3.8, 4) is 0 Å². The van der Waals surface area contributed by atoms with E-state index in [0.29, 0.717) is 6.07 Å². The molecule has 0 saturated carbocycles. The maximum atomic E-state index is 12.5. The lowest BCUT2D eigenvalue weighted by molar-refractivity contribution is -0.137. The van der Waals surface area contributed by atoms with Gasteiger partial charge in [-0.1, -0.05) is 6.07 Å². The van der Waals surface area contributed by atoms with E-state index in [9.17, 15) is 21.6 Å². The van der Waals surface area contributed by atoms with E-state index in [1.165, 1.54) is 13.8 Å². The number of rotatable bonds is 3. The number of sulfone groups is 1. The highest BCUT2D eigenvalue weighted by Crippen LogP contribution is 2.32. The lowest BCUT2D eigenvalue weighted by Gasteiger charge is -2.22. The van der Waals surface area contributed by atoms with Crippen molar-refractivity contribution in [2.45, 2.75) is 29.7 Å². The first-order valence-electron chi connectivity index (χ1n) is 5.05. The molecule has 7 heteroatoms. The molecule has 0 spiro atoms. The topological polar surface area (TPSA) is 54.4 Å². The number of alkyl halides is 3. The van der Waals surface area contributed by atoms with Gasteiger partial charge in [-0.05, 0) is 32.0 Å². The van der Waals surface area contributed by atoms with Crippen LogP contribution >= 0.6 is 0 Å². The van der Waals surface area contributed by atoms with E-state index in [1.807, 2.05) is 0 Å². The molecule has 1 rings (SSSR count). The molecular formula is C11H13F3O3S. The van der Waals surface area contributed by atoms with Crippen molar-refractivity contribution >= 4 is 9.84 Å². The summed E-state index contributed by atoms with van der Waals surface area (Å²) in [6.07, 6.45) is -4.60. The highest BCUT2D eigenvalue weighted by atomic mass is 32.2. The monoisotopic (exact) mass is 282 g/mol. The Hall–Kier alpha value is -1.08. The highest BCUT2D eigenvalue weighted by molar-refractivity contribution is 7.92. The molecule has 0 heterocycles. The summed E-state index contributed by atoms with van der Waals surface area (Å²) in [6.45, 7) is 1.83. The van der Waals surface area contributed by atoms with E-state index in [1.54, 1.807) is 0 Å². The van der Waals surface area contributed by atoms with Gasteiger partial charge < -0.3 is 5.11 Å². The SMILES string of the molecule is CC(C)(CO)S(=O)(=O)c1cccc(C(F)(F)F)c1. The minimum Gasteiger partial charge on any atom is -0.395 e. The van der Waals surface area contributed by atoms with Gasteiger partial charge in [-0.15, -0.1) is 0 Å². The van der Waals surface area contributed by atoms with Crippen LogP contribution in [0, 0.1) is 0 Å². The fourth-order valence-electron chi connectivity index (χ4n) is 1.24. The van der Waals surface area contributed by atoms with Gasteiger partial charge in [0.2, 0.25) is 0 Å². The fourth-order valence-corrected chi connectivity index (χ4v) is 2.59. The molecule has 0 fully saturated rings. The lowest BCUT2D eigenvalue weighted by atomic mass is 10.2.